The van der Waals surface area contributed by atoms with Crippen LogP contribution >= 0.6 is 11.3 Å². The number of fused-ring (bicyclic) bond motifs is 1. The lowest BCUT2D eigenvalue weighted by molar-refractivity contribution is 0.0572. The van der Waals surface area contributed by atoms with Crippen LogP contribution in [0, 0.1) is 6.92 Å². The number of thiophene rings is 1. The third-order valence-electron chi connectivity index (χ3n) is 3.45. The van der Waals surface area contributed by atoms with Crippen LogP contribution in [0.3, 0.4) is 0 Å². The molecule has 0 spiro atoms. The summed E-state index contributed by atoms with van der Waals surface area (Å²) in [6.45, 7) is 2.28. The number of rotatable bonds is 1. The molecule has 0 radical (unpaired) electrons. The molecule has 1 aliphatic rings. The number of aliphatic hydroxyl groups excluding tert-OH is 2. The second-order valence-corrected chi connectivity index (χ2v) is 5.91. The molecule has 7 heteroatoms. The van der Waals surface area contributed by atoms with Crippen LogP contribution in [0.1, 0.15) is 15.4 Å². The normalized spacial score (nSPS) is 23.5. The zero-order valence-electron chi connectivity index (χ0n) is 10.7. The van der Waals surface area contributed by atoms with Crippen molar-refractivity contribution in [1.82, 2.24) is 14.7 Å². The fraction of sp³-hybridized carbons (Fsp3) is 0.500. The predicted molar refractivity (Wildman–Crippen MR) is 71.2 cm³/mol. The molecule has 1 fully saturated rings. The van der Waals surface area contributed by atoms with Gasteiger partial charge in [-0.25, -0.2) is 0 Å². The second kappa shape index (κ2) is 4.29. The topological polar surface area (TPSA) is 78.6 Å². The first kappa shape index (κ1) is 12.6. The minimum absolute atomic E-state index is 0.142. The quantitative estimate of drug-likeness (QED) is 0.778. The van der Waals surface area contributed by atoms with E-state index in [1.807, 2.05) is 20.0 Å². The molecule has 102 valence electrons. The molecule has 2 unspecified atom stereocenters. The van der Waals surface area contributed by atoms with Gasteiger partial charge >= 0.3 is 0 Å². The summed E-state index contributed by atoms with van der Waals surface area (Å²) in [6.07, 6.45) is -1.69. The standard InChI is InChI=1S/C12H15N3O3S/c1-6-7-3-10(19-12(7)14(2)13-6)11(18)15-4-8(16)9(17)5-15/h3,8-9,16-17H,4-5H2,1-2H3. The van der Waals surface area contributed by atoms with Gasteiger partial charge in [0.05, 0.1) is 22.8 Å². The molecule has 1 saturated heterocycles. The van der Waals surface area contributed by atoms with E-state index >= 15 is 0 Å². The number of likely N-dealkylation sites (tertiary alicyclic amines) is 1. The zero-order valence-corrected chi connectivity index (χ0v) is 11.5. The molecule has 1 amide bonds. The summed E-state index contributed by atoms with van der Waals surface area (Å²) >= 11 is 1.39. The Labute approximate surface area is 113 Å². The van der Waals surface area contributed by atoms with Crippen LogP contribution in [0.4, 0.5) is 0 Å². The van der Waals surface area contributed by atoms with E-state index in [1.165, 1.54) is 16.2 Å². The highest BCUT2D eigenvalue weighted by molar-refractivity contribution is 7.20. The number of carbonyl (C=O) groups excluding carboxylic acids is 1. The number of aromatic nitrogens is 2. The van der Waals surface area contributed by atoms with E-state index in [0.29, 0.717) is 4.88 Å². The minimum atomic E-state index is -0.846. The van der Waals surface area contributed by atoms with Crippen molar-refractivity contribution in [2.45, 2.75) is 19.1 Å². The third-order valence-corrected chi connectivity index (χ3v) is 4.64. The van der Waals surface area contributed by atoms with Crippen LogP contribution in [-0.2, 0) is 7.05 Å². The minimum Gasteiger partial charge on any atom is -0.388 e. The van der Waals surface area contributed by atoms with Gasteiger partial charge in [0.25, 0.3) is 5.91 Å². The molecule has 2 aromatic rings. The fourth-order valence-electron chi connectivity index (χ4n) is 2.40. The lowest BCUT2D eigenvalue weighted by Crippen LogP contribution is -2.29. The summed E-state index contributed by atoms with van der Waals surface area (Å²) in [7, 11) is 1.85. The van der Waals surface area contributed by atoms with Gasteiger partial charge in [0.15, 0.2) is 0 Å². The van der Waals surface area contributed by atoms with E-state index in [-0.39, 0.29) is 19.0 Å². The molecule has 2 N–H and O–H groups in total. The van der Waals surface area contributed by atoms with Gasteiger partial charge in [-0.3, -0.25) is 9.48 Å². The number of amides is 1. The molecule has 0 aromatic carbocycles. The number of hydrogen-bond acceptors (Lipinski definition) is 5. The van der Waals surface area contributed by atoms with Crippen molar-refractivity contribution >= 4 is 27.5 Å². The number of carbonyl (C=O) groups is 1. The number of aliphatic hydroxyl groups is 2. The molecule has 3 rings (SSSR count). The maximum Gasteiger partial charge on any atom is 0.264 e. The summed E-state index contributed by atoms with van der Waals surface area (Å²) in [4.78, 5) is 15.4. The van der Waals surface area contributed by atoms with E-state index in [1.54, 1.807) is 4.68 Å². The van der Waals surface area contributed by atoms with E-state index in [2.05, 4.69) is 5.10 Å². The van der Waals surface area contributed by atoms with Crippen molar-refractivity contribution in [3.05, 3.63) is 16.6 Å². The van der Waals surface area contributed by atoms with E-state index in [0.717, 1.165) is 15.9 Å². The number of nitrogens with zero attached hydrogens (tertiary/aromatic N) is 3. The first-order valence-electron chi connectivity index (χ1n) is 6.06. The smallest absolute Gasteiger partial charge is 0.264 e. The van der Waals surface area contributed by atoms with Crippen molar-refractivity contribution < 1.29 is 15.0 Å². The lowest BCUT2D eigenvalue weighted by atomic mass is 10.3. The highest BCUT2D eigenvalue weighted by atomic mass is 32.1. The van der Waals surface area contributed by atoms with Crippen LogP contribution < -0.4 is 0 Å². The number of hydrogen-bond donors (Lipinski definition) is 2. The van der Waals surface area contributed by atoms with Crippen molar-refractivity contribution in [2.24, 2.45) is 7.05 Å². The Morgan fingerprint density at radius 1 is 1.42 bits per heavy atom. The van der Waals surface area contributed by atoms with Gasteiger partial charge in [-0.1, -0.05) is 0 Å². The Bertz CT molecular complexity index is 603. The van der Waals surface area contributed by atoms with Crippen LogP contribution in [0.5, 0.6) is 0 Å². The van der Waals surface area contributed by atoms with Crippen molar-refractivity contribution in [2.75, 3.05) is 13.1 Å². The SMILES string of the molecule is Cc1nn(C)c2sc(C(=O)N3CC(O)C(O)C3)cc12. The summed E-state index contributed by atoms with van der Waals surface area (Å²) in [5.74, 6) is -0.142. The first-order valence-corrected chi connectivity index (χ1v) is 6.87. The summed E-state index contributed by atoms with van der Waals surface area (Å²) < 4.78 is 1.76. The molecule has 3 heterocycles. The average Bonchev–Trinajstić information content (AvgIpc) is 2.99. The van der Waals surface area contributed by atoms with Crippen LogP contribution in [-0.4, -0.2) is 56.1 Å². The Morgan fingerprint density at radius 2 is 2.05 bits per heavy atom. The highest BCUT2D eigenvalue weighted by Gasteiger charge is 2.33. The van der Waals surface area contributed by atoms with Crippen molar-refractivity contribution in [1.29, 1.82) is 0 Å². The molecular weight excluding hydrogens is 266 g/mol. The van der Waals surface area contributed by atoms with Gasteiger partial charge < -0.3 is 15.1 Å². The van der Waals surface area contributed by atoms with Crippen LogP contribution in [0.2, 0.25) is 0 Å². The summed E-state index contributed by atoms with van der Waals surface area (Å²) in [5.41, 5.74) is 0.897. The molecule has 0 saturated carbocycles. The second-order valence-electron chi connectivity index (χ2n) is 4.88. The van der Waals surface area contributed by atoms with E-state index < -0.39 is 12.2 Å². The molecule has 2 atom stereocenters. The number of aryl methyl sites for hydroxylation is 2. The Balaban J connectivity index is 1.92. The third kappa shape index (κ3) is 1.94. The molecule has 0 aliphatic carbocycles. The monoisotopic (exact) mass is 281 g/mol. The molecule has 1 aliphatic heterocycles. The van der Waals surface area contributed by atoms with Gasteiger partial charge in [-0.2, -0.15) is 5.10 Å². The Morgan fingerprint density at radius 3 is 2.63 bits per heavy atom. The Kier molecular flexibility index (Phi) is 2.84. The maximum atomic E-state index is 12.3. The van der Waals surface area contributed by atoms with Crippen molar-refractivity contribution in [3.63, 3.8) is 0 Å². The first-order chi connectivity index (χ1) is 8.97. The molecule has 19 heavy (non-hydrogen) atoms. The lowest BCUT2D eigenvalue weighted by Gasteiger charge is -2.13. The summed E-state index contributed by atoms with van der Waals surface area (Å²) in [5, 5.41) is 24.3. The highest BCUT2D eigenvalue weighted by Crippen LogP contribution is 2.29. The van der Waals surface area contributed by atoms with Gasteiger partial charge in [-0.05, 0) is 13.0 Å². The van der Waals surface area contributed by atoms with Crippen molar-refractivity contribution in [3.8, 4) is 0 Å². The van der Waals surface area contributed by atoms with Crippen LogP contribution in [0.25, 0.3) is 10.2 Å². The van der Waals surface area contributed by atoms with Gasteiger partial charge in [0.2, 0.25) is 0 Å². The van der Waals surface area contributed by atoms with Gasteiger partial charge in [-0.15, -0.1) is 11.3 Å². The average molecular weight is 281 g/mol. The van der Waals surface area contributed by atoms with E-state index in [9.17, 15) is 15.0 Å². The van der Waals surface area contributed by atoms with E-state index in [4.69, 9.17) is 0 Å². The maximum absolute atomic E-state index is 12.3. The largest absolute Gasteiger partial charge is 0.388 e. The molecule has 2 aromatic heterocycles. The molecular formula is C12H15N3O3S. The molecule has 6 nitrogen and oxygen atoms in total. The van der Waals surface area contributed by atoms with Gasteiger partial charge in [0.1, 0.15) is 4.83 Å². The summed E-state index contributed by atoms with van der Waals surface area (Å²) in [6, 6.07) is 1.84. The Hall–Kier alpha value is -1.44. The zero-order chi connectivity index (χ0) is 13.7. The number of β-amino-alcohol motifs (C(OH)–C–C–N with tert-alkyl or cyclic N) is 2. The fourth-order valence-corrected chi connectivity index (χ4v) is 3.49. The predicted octanol–water partition coefficient (Wildman–Crippen LogP) is 0.121. The van der Waals surface area contributed by atoms with Crippen LogP contribution in [0.15, 0.2) is 6.07 Å². The van der Waals surface area contributed by atoms with Gasteiger partial charge in [0, 0.05) is 25.5 Å². The molecule has 0 bridgehead atoms.